The van der Waals surface area contributed by atoms with Gasteiger partial charge in [-0.25, -0.2) is 0 Å². The minimum atomic E-state index is -3.07. The molecule has 23 aromatic rings. The van der Waals surface area contributed by atoms with E-state index in [1.54, 1.807) is 0 Å². The zero-order valence-electron chi connectivity index (χ0n) is 74.3. The van der Waals surface area contributed by atoms with Crippen LogP contribution in [0.1, 0.15) is 0 Å². The van der Waals surface area contributed by atoms with Crippen molar-refractivity contribution in [1.29, 1.82) is 0 Å². The van der Waals surface area contributed by atoms with Crippen LogP contribution in [-0.4, -0.2) is 28.5 Å². The summed E-state index contributed by atoms with van der Waals surface area (Å²) >= 11 is 0. The van der Waals surface area contributed by atoms with Crippen molar-refractivity contribution in [1.82, 2.24) is 0 Å². The summed E-state index contributed by atoms with van der Waals surface area (Å²) in [7, 11) is -0.860. The van der Waals surface area contributed by atoms with Crippen molar-refractivity contribution >= 4 is 168 Å². The number of benzene rings is 23. The first-order chi connectivity index (χ1) is 67.4. The van der Waals surface area contributed by atoms with Gasteiger partial charge < -0.3 is 28.7 Å². The Morgan fingerprint density at radius 2 is 0.493 bits per heavy atom. The zero-order valence-corrected chi connectivity index (χ0v) is 75.3. The Kier molecular flexibility index (Phi) is 18.4. The van der Waals surface area contributed by atoms with Gasteiger partial charge in [0, 0.05) is 74.1 Å². The molecule has 0 unspecified atom stereocenters. The first-order valence-electron chi connectivity index (χ1n) is 46.9. The minimum absolute atomic E-state index is 0.0287. The lowest BCUT2D eigenvalue weighted by Crippen LogP contribution is -2.77. The van der Waals surface area contributed by atoms with E-state index in [1.165, 1.54) is 163 Å². The maximum absolute atomic E-state index is 7.14. The number of hydrogen-bond acceptors (Lipinski definition) is 6. The van der Waals surface area contributed by atoms with Crippen LogP contribution in [-0.2, 0) is 0 Å². The summed E-state index contributed by atoms with van der Waals surface area (Å²) in [4.78, 5) is 4.85. The molecule has 0 fully saturated rings. The van der Waals surface area contributed by atoms with Crippen molar-refractivity contribution in [2.24, 2.45) is 0 Å². The van der Waals surface area contributed by atoms with Crippen molar-refractivity contribution in [3.8, 4) is 113 Å². The molecule has 23 aromatic carbocycles. The highest BCUT2D eigenvalue weighted by molar-refractivity contribution is 7.22. The number of nitrogens with zero attached hydrogens (tertiary/aromatic N) is 2. The number of ether oxygens (including phenoxy) is 4. The van der Waals surface area contributed by atoms with E-state index in [9.17, 15) is 0 Å². The maximum atomic E-state index is 7.14. The topological polar surface area (TPSA) is 43.4 Å². The lowest BCUT2D eigenvalue weighted by molar-refractivity contribution is 0.466. The highest BCUT2D eigenvalue weighted by Crippen LogP contribution is 2.54. The monoisotopic (exact) mass is 1750 g/mol. The molecule has 6 nitrogen and oxygen atoms in total. The molecule has 0 radical (unpaired) electrons. The van der Waals surface area contributed by atoms with Crippen LogP contribution in [0.5, 0.6) is 46.0 Å². The van der Waals surface area contributed by atoms with Gasteiger partial charge in [-0.3, -0.25) is 0 Å². The van der Waals surface area contributed by atoms with Crippen LogP contribution in [0.3, 0.4) is 0 Å². The average Bonchev–Trinajstić information content (AvgIpc) is 0.632. The average molecular weight is 1750 g/mol. The van der Waals surface area contributed by atoms with E-state index < -0.39 is 8.07 Å². The molecule has 634 valence electrons. The lowest BCUT2D eigenvalue weighted by atomic mass is 9.33. The van der Waals surface area contributed by atoms with Gasteiger partial charge in [0.05, 0.1) is 0 Å². The largest absolute Gasteiger partial charge is 0.458 e. The van der Waals surface area contributed by atoms with Crippen molar-refractivity contribution < 1.29 is 18.9 Å². The predicted octanol–water partition coefficient (Wildman–Crippen LogP) is 26.7. The summed E-state index contributed by atoms with van der Waals surface area (Å²) in [5, 5.41) is 19.6. The number of para-hydroxylation sites is 1. The van der Waals surface area contributed by atoms with Gasteiger partial charge in [-0.1, -0.05) is 431 Å². The first-order valence-corrected chi connectivity index (χ1v) is 48.9. The predicted molar refractivity (Wildman–Crippen MR) is 572 cm³/mol. The fraction of sp³-hybridized carbons (Fsp3) is 0.00787. The summed E-state index contributed by atoms with van der Waals surface area (Å²) in [5.41, 5.74) is 27.6. The normalized spacial score (nSPS) is 13.1. The van der Waals surface area contributed by atoms with Gasteiger partial charge in [-0.05, 0) is 195 Å². The fourth-order valence-electron chi connectivity index (χ4n) is 23.3. The summed E-state index contributed by atoms with van der Waals surface area (Å²) in [5.74, 6) is 7.38. The smallest absolute Gasteiger partial charge is 0.256 e. The van der Waals surface area contributed by atoms with Gasteiger partial charge in [-0.2, -0.15) is 0 Å². The summed E-state index contributed by atoms with van der Waals surface area (Å²) in [6.07, 6.45) is 0. The van der Waals surface area contributed by atoms with Crippen molar-refractivity contribution in [2.45, 2.75) is 0 Å². The molecule has 0 atom stereocenters. The molecule has 6 aliphatic heterocycles. The zero-order chi connectivity index (χ0) is 89.6. The van der Waals surface area contributed by atoms with Gasteiger partial charge in [0.1, 0.15) is 46.0 Å². The van der Waals surface area contributed by atoms with Crippen LogP contribution >= 0.6 is 0 Å². The van der Waals surface area contributed by atoms with E-state index in [4.69, 9.17) is 18.9 Å². The molecular formula is C127H82B2N2O4Si. The van der Waals surface area contributed by atoms with Gasteiger partial charge in [0.2, 0.25) is 0 Å². The Labute approximate surface area is 790 Å². The molecule has 0 saturated carbocycles. The molecule has 0 amide bonds. The Balaban J connectivity index is 0.000000104. The minimum Gasteiger partial charge on any atom is -0.458 e. The Hall–Kier alpha value is -17.2. The van der Waals surface area contributed by atoms with Gasteiger partial charge in [-0.15, -0.1) is 0 Å². The van der Waals surface area contributed by atoms with Crippen molar-refractivity contribution in [3.63, 3.8) is 0 Å². The van der Waals surface area contributed by atoms with Crippen LogP contribution in [0.4, 0.5) is 28.4 Å². The molecule has 6 heterocycles. The van der Waals surface area contributed by atoms with E-state index in [0.717, 1.165) is 96.3 Å². The van der Waals surface area contributed by atoms with Crippen LogP contribution in [0.2, 0.25) is 0 Å². The van der Waals surface area contributed by atoms with Crippen molar-refractivity contribution in [3.05, 3.63) is 479 Å². The van der Waals surface area contributed by atoms with Crippen molar-refractivity contribution in [2.75, 3.05) is 16.8 Å². The second kappa shape index (κ2) is 31.8. The molecule has 0 N–H and O–H groups in total. The second-order valence-electron chi connectivity index (χ2n) is 36.1. The number of hydrogen-bond donors (Lipinski definition) is 0. The lowest BCUT2D eigenvalue weighted by Gasteiger charge is -2.44. The third-order valence-corrected chi connectivity index (χ3v) is 33.7. The Bertz CT molecular complexity index is 8670. The summed E-state index contributed by atoms with van der Waals surface area (Å²) in [6.45, 7) is 0.00401. The molecule has 0 aliphatic carbocycles. The number of rotatable bonds is 8. The first kappa shape index (κ1) is 78.6. The van der Waals surface area contributed by atoms with Gasteiger partial charge in [0.25, 0.3) is 13.4 Å². The highest BCUT2D eigenvalue weighted by atomic mass is 28.3. The van der Waals surface area contributed by atoms with E-state index in [0.29, 0.717) is 0 Å². The second-order valence-corrected chi connectivity index (χ2v) is 39.8. The van der Waals surface area contributed by atoms with E-state index in [1.807, 2.05) is 0 Å². The third-order valence-electron chi connectivity index (χ3n) is 28.9. The number of anilines is 5. The van der Waals surface area contributed by atoms with E-state index in [2.05, 4.69) is 496 Å². The maximum Gasteiger partial charge on any atom is 0.256 e. The summed E-state index contributed by atoms with van der Waals surface area (Å²) in [6, 6.07) is 173. The van der Waals surface area contributed by atoms with Crippen LogP contribution in [0, 0.1) is 0 Å². The Morgan fingerprint density at radius 1 is 0.221 bits per heavy atom. The molecule has 0 bridgehead atoms. The SMILES string of the molecule is CN1c2cccc3c2B(c2cc4ccccc4c(-c4ccccc4)c2O3)c2cc3ccccc3c(-c3ccccc3)c21.c1ccc(-c2c3c(cc4ccccc24)B2c4cc5ccccc5c(-c5ccccc5)c4N(c4ccccc4)c4cccc(c42)O3)cc1.c1ccc(-c2c3c(cc4ccccc24)[Si]2(c4ccccc4)c4cc5ccccc5c(-c5ccccc5)c4Oc4cccc(c42)O3)cc1. The van der Waals surface area contributed by atoms with Crippen LogP contribution in [0.25, 0.3) is 131 Å². The standard InChI is InChI=1S/C44H28BNO.C44H28O2Si.C39H26BNO/c1-4-15-29(16-5-1)40-34-23-12-10-19-31(34)27-36-43(40)46(33-21-8-3-9-22-33)38-25-14-26-39-42(38)45(36)37-28-32-20-11-13-24-35(32)41(44(37)47-39)30-17-6-2-7-18-30;1-4-15-29(16-5-1)40-34-23-12-10-19-31(34)27-38-42(40)45-36-25-14-26-37-44(36)47(38,33-21-8-3-9-22-33)39-28-32-20-11-13-24-35(32)41(43(39)46-37)30-17-6-2-7-18-30;1-41-33-21-12-22-34-37(33)40(31-23-27-17-8-10-19-29(27)35(38(31)41)25-13-4-2-5-14-25)32-24-28-18-9-11-20-30(28)36(39(32)42-34)26-15-6-3-7-16-26/h2*1-28H;2-24H,1H3. The molecule has 0 saturated heterocycles. The van der Waals surface area contributed by atoms with Gasteiger partial charge >= 0.3 is 0 Å². The Morgan fingerprint density at radius 3 is 0.882 bits per heavy atom. The molecule has 0 spiro atoms. The van der Waals surface area contributed by atoms with Crippen LogP contribution < -0.4 is 82.3 Å². The summed E-state index contributed by atoms with van der Waals surface area (Å²) < 4.78 is 28.3. The molecule has 9 heteroatoms. The van der Waals surface area contributed by atoms with E-state index in [-0.39, 0.29) is 13.4 Å². The highest BCUT2D eigenvalue weighted by Gasteiger charge is 2.56. The molecule has 29 rings (SSSR count). The molecular weight excluding hydrogens is 1670 g/mol. The third kappa shape index (κ3) is 12.2. The quantitative estimate of drug-likeness (QED) is 0.141. The van der Waals surface area contributed by atoms with Crippen LogP contribution in [0.15, 0.2) is 479 Å². The fourth-order valence-corrected chi connectivity index (χ4v) is 28.5. The molecule has 0 aromatic heterocycles. The molecule has 136 heavy (non-hydrogen) atoms. The molecule has 6 aliphatic rings. The van der Waals surface area contributed by atoms with E-state index >= 15 is 0 Å². The number of fused-ring (bicyclic) bond motifs is 18. The van der Waals surface area contributed by atoms with Gasteiger partial charge in [0.15, 0.2) is 8.07 Å².